The van der Waals surface area contributed by atoms with Crippen molar-refractivity contribution in [2.75, 3.05) is 26.2 Å². The quantitative estimate of drug-likeness (QED) is 0.840. The molecule has 3 heterocycles. The molecule has 1 aliphatic carbocycles. The van der Waals surface area contributed by atoms with Gasteiger partial charge in [-0.2, -0.15) is 0 Å². The number of fused-ring (bicyclic) bond motifs is 1. The first-order valence-corrected chi connectivity index (χ1v) is 9.27. The third-order valence-electron chi connectivity index (χ3n) is 6.35. The van der Waals surface area contributed by atoms with Crippen molar-refractivity contribution in [3.63, 3.8) is 0 Å². The topological polar surface area (TPSA) is 89.5 Å². The number of H-pyrrole nitrogens is 1. The molecule has 0 radical (unpaired) electrons. The van der Waals surface area contributed by atoms with Crippen LogP contribution in [-0.2, 0) is 16.1 Å². The van der Waals surface area contributed by atoms with Crippen molar-refractivity contribution in [1.29, 1.82) is 0 Å². The minimum atomic E-state index is -0.814. The van der Waals surface area contributed by atoms with Crippen LogP contribution in [0.5, 0.6) is 0 Å². The Labute approximate surface area is 147 Å². The normalized spacial score (nSPS) is 30.1. The average Bonchev–Trinajstić information content (AvgIpc) is 3.29. The number of nitrogens with one attached hydrogen (secondary N) is 1. The number of carbonyl (C=O) groups is 2. The number of aromatic nitrogens is 2. The van der Waals surface area contributed by atoms with E-state index in [2.05, 4.69) is 14.9 Å². The van der Waals surface area contributed by atoms with Gasteiger partial charge in [-0.25, -0.2) is 4.98 Å². The van der Waals surface area contributed by atoms with Crippen LogP contribution in [0.25, 0.3) is 0 Å². The van der Waals surface area contributed by atoms with Crippen LogP contribution in [0.3, 0.4) is 0 Å². The van der Waals surface area contributed by atoms with E-state index in [0.29, 0.717) is 38.5 Å². The van der Waals surface area contributed by atoms with Gasteiger partial charge >= 0.3 is 5.97 Å². The fraction of sp³-hybridized carbons (Fsp3) is 0.722. The van der Waals surface area contributed by atoms with Gasteiger partial charge in [0.05, 0.1) is 6.33 Å². The number of rotatable bonds is 5. The molecule has 2 atom stereocenters. The van der Waals surface area contributed by atoms with E-state index in [1.807, 2.05) is 4.90 Å². The molecule has 25 heavy (non-hydrogen) atoms. The van der Waals surface area contributed by atoms with E-state index >= 15 is 0 Å². The van der Waals surface area contributed by atoms with E-state index in [9.17, 15) is 14.7 Å². The Morgan fingerprint density at radius 2 is 2.08 bits per heavy atom. The van der Waals surface area contributed by atoms with Crippen molar-refractivity contribution in [1.82, 2.24) is 19.8 Å². The van der Waals surface area contributed by atoms with Crippen molar-refractivity contribution in [3.05, 3.63) is 18.2 Å². The number of amides is 1. The zero-order valence-corrected chi connectivity index (χ0v) is 14.5. The van der Waals surface area contributed by atoms with Crippen molar-refractivity contribution in [2.24, 2.45) is 17.3 Å². The molecule has 2 N–H and O–H groups in total. The molecule has 7 heteroatoms. The van der Waals surface area contributed by atoms with Gasteiger partial charge < -0.3 is 15.0 Å². The summed E-state index contributed by atoms with van der Waals surface area (Å²) in [7, 11) is 0. The Morgan fingerprint density at radius 3 is 2.72 bits per heavy atom. The number of likely N-dealkylation sites (tertiary alicyclic amines) is 2. The van der Waals surface area contributed by atoms with Crippen molar-refractivity contribution >= 4 is 11.9 Å². The Bertz CT molecular complexity index is 641. The van der Waals surface area contributed by atoms with Gasteiger partial charge in [-0.3, -0.25) is 14.5 Å². The van der Waals surface area contributed by atoms with Crippen molar-refractivity contribution < 1.29 is 14.7 Å². The number of imidazole rings is 1. The highest BCUT2D eigenvalue weighted by Crippen LogP contribution is 2.43. The Morgan fingerprint density at radius 1 is 1.28 bits per heavy atom. The third kappa shape index (κ3) is 3.05. The summed E-state index contributed by atoms with van der Waals surface area (Å²) in [6.07, 6.45) is 8.75. The summed E-state index contributed by atoms with van der Waals surface area (Å²) >= 11 is 0. The second kappa shape index (κ2) is 6.44. The molecule has 136 valence electrons. The largest absolute Gasteiger partial charge is 0.481 e. The third-order valence-corrected chi connectivity index (χ3v) is 6.35. The predicted octanol–water partition coefficient (Wildman–Crippen LogP) is 1.34. The van der Waals surface area contributed by atoms with Gasteiger partial charge in [0.25, 0.3) is 0 Å². The Hall–Kier alpha value is -1.89. The molecular weight excluding hydrogens is 320 g/mol. The highest BCUT2D eigenvalue weighted by molar-refractivity contribution is 5.81. The van der Waals surface area contributed by atoms with Crippen molar-refractivity contribution in [2.45, 2.75) is 38.6 Å². The Kier molecular flexibility index (Phi) is 4.27. The van der Waals surface area contributed by atoms with E-state index < -0.39 is 11.4 Å². The first-order chi connectivity index (χ1) is 12.1. The standard InChI is InChI=1S/C18H26N4O3/c23-16(5-13-3-1-2-4-13)22-8-14-7-21(9-15-6-19-12-20-15)10-18(14,11-22)17(24)25/h6,12-14H,1-5,7-11H2,(H,19,20)(H,24,25)/t14-,18-/m1/s1. The van der Waals surface area contributed by atoms with E-state index in [1.54, 1.807) is 12.5 Å². The van der Waals surface area contributed by atoms with Gasteiger partial charge in [0.1, 0.15) is 5.41 Å². The summed E-state index contributed by atoms with van der Waals surface area (Å²) in [6, 6.07) is 0. The van der Waals surface area contributed by atoms with Gasteiger partial charge in [-0.05, 0) is 18.8 Å². The lowest BCUT2D eigenvalue weighted by Crippen LogP contribution is -2.42. The van der Waals surface area contributed by atoms with E-state index in [-0.39, 0.29) is 11.8 Å². The molecule has 0 spiro atoms. The molecule has 0 bridgehead atoms. The maximum absolute atomic E-state index is 12.6. The smallest absolute Gasteiger partial charge is 0.313 e. The number of nitrogens with zero attached hydrogens (tertiary/aromatic N) is 3. The predicted molar refractivity (Wildman–Crippen MR) is 90.6 cm³/mol. The molecule has 1 amide bonds. The summed E-state index contributed by atoms with van der Waals surface area (Å²) in [5.74, 6) is -0.0890. The molecule has 7 nitrogen and oxygen atoms in total. The number of aromatic amines is 1. The molecular formula is C18H26N4O3. The van der Waals surface area contributed by atoms with Crippen LogP contribution in [0, 0.1) is 17.3 Å². The second-order valence-corrected chi connectivity index (χ2v) is 8.03. The molecule has 2 aliphatic heterocycles. The summed E-state index contributed by atoms with van der Waals surface area (Å²) < 4.78 is 0. The number of hydrogen-bond acceptors (Lipinski definition) is 4. The zero-order valence-electron chi connectivity index (χ0n) is 14.5. The lowest BCUT2D eigenvalue weighted by atomic mass is 9.81. The zero-order chi connectivity index (χ0) is 17.4. The number of hydrogen-bond donors (Lipinski definition) is 2. The fourth-order valence-corrected chi connectivity index (χ4v) is 4.98. The molecule has 3 aliphatic rings. The summed E-state index contributed by atoms with van der Waals surface area (Å²) in [6.45, 7) is 2.84. The molecule has 1 aromatic heterocycles. The van der Waals surface area contributed by atoms with Crippen LogP contribution in [0.1, 0.15) is 37.8 Å². The molecule has 1 saturated carbocycles. The highest BCUT2D eigenvalue weighted by atomic mass is 16.4. The maximum atomic E-state index is 12.6. The van der Waals surface area contributed by atoms with Crippen molar-refractivity contribution in [3.8, 4) is 0 Å². The maximum Gasteiger partial charge on any atom is 0.313 e. The van der Waals surface area contributed by atoms with Crippen LogP contribution in [0.4, 0.5) is 0 Å². The molecule has 3 fully saturated rings. The molecule has 2 saturated heterocycles. The summed E-state index contributed by atoms with van der Waals surface area (Å²) in [5, 5.41) is 9.92. The number of carboxylic acids is 1. The van der Waals surface area contributed by atoms with Crippen LogP contribution in [-0.4, -0.2) is 62.9 Å². The van der Waals surface area contributed by atoms with Gasteiger partial charge in [-0.1, -0.05) is 12.8 Å². The molecule has 0 aromatic carbocycles. The summed E-state index contributed by atoms with van der Waals surface area (Å²) in [4.78, 5) is 35.8. The van der Waals surface area contributed by atoms with E-state index in [0.717, 1.165) is 25.1 Å². The van der Waals surface area contributed by atoms with Gasteiger partial charge in [0.15, 0.2) is 0 Å². The molecule has 0 unspecified atom stereocenters. The van der Waals surface area contributed by atoms with Crippen LogP contribution < -0.4 is 0 Å². The second-order valence-electron chi connectivity index (χ2n) is 8.03. The van der Waals surface area contributed by atoms with Crippen LogP contribution in [0.2, 0.25) is 0 Å². The first kappa shape index (κ1) is 16.6. The van der Waals surface area contributed by atoms with Crippen LogP contribution in [0.15, 0.2) is 12.5 Å². The van der Waals surface area contributed by atoms with Crippen LogP contribution >= 0.6 is 0 Å². The monoisotopic (exact) mass is 346 g/mol. The average molecular weight is 346 g/mol. The van der Waals surface area contributed by atoms with Gasteiger partial charge in [0, 0.05) is 57.0 Å². The fourth-order valence-electron chi connectivity index (χ4n) is 4.98. The molecule has 1 aromatic rings. The van der Waals surface area contributed by atoms with E-state index in [4.69, 9.17) is 0 Å². The highest BCUT2D eigenvalue weighted by Gasteiger charge is 2.58. The molecule has 4 rings (SSSR count). The lowest BCUT2D eigenvalue weighted by Gasteiger charge is -2.26. The van der Waals surface area contributed by atoms with Gasteiger partial charge in [-0.15, -0.1) is 0 Å². The number of aliphatic carboxylic acids is 1. The summed E-state index contributed by atoms with van der Waals surface area (Å²) in [5.41, 5.74) is 0.181. The van der Waals surface area contributed by atoms with Gasteiger partial charge in [0.2, 0.25) is 5.91 Å². The number of carboxylic acid groups (broad SMARTS) is 1. The lowest BCUT2D eigenvalue weighted by molar-refractivity contribution is -0.149. The Balaban J connectivity index is 1.41. The first-order valence-electron chi connectivity index (χ1n) is 9.27. The van der Waals surface area contributed by atoms with E-state index in [1.165, 1.54) is 12.8 Å². The SMILES string of the molecule is O=C(CC1CCCC1)N1C[C@H]2CN(Cc3cnc[nH]3)C[C@@]2(C(=O)O)C1. The minimum absolute atomic E-state index is 0.0143. The number of carbonyl (C=O) groups excluding carboxylic acids is 1. The minimum Gasteiger partial charge on any atom is -0.481 e.